The fraction of sp³-hybridized carbons (Fsp3) is 0.143. The number of benzene rings is 1. The highest BCUT2D eigenvalue weighted by atomic mass is 19.1. The van der Waals surface area contributed by atoms with Crippen molar-refractivity contribution >= 4 is 5.82 Å². The van der Waals surface area contributed by atoms with Gasteiger partial charge in [0.15, 0.2) is 11.7 Å². The molecule has 2 aromatic heterocycles. The van der Waals surface area contributed by atoms with Gasteiger partial charge in [0, 0.05) is 43.5 Å². The van der Waals surface area contributed by atoms with E-state index < -0.39 is 0 Å². The van der Waals surface area contributed by atoms with Crippen LogP contribution in [0.25, 0.3) is 11.3 Å². The highest BCUT2D eigenvalue weighted by Crippen LogP contribution is 2.25. The lowest BCUT2D eigenvalue weighted by Crippen LogP contribution is -2.20. The van der Waals surface area contributed by atoms with Crippen molar-refractivity contribution in [1.82, 2.24) is 20.8 Å². The van der Waals surface area contributed by atoms with Gasteiger partial charge in [0.2, 0.25) is 0 Å². The smallest absolute Gasteiger partial charge is 0.189 e. The maximum atomic E-state index is 13.2. The van der Waals surface area contributed by atoms with Gasteiger partial charge >= 0.3 is 0 Å². The number of hydrogen-bond donors (Lipinski definition) is 3. The summed E-state index contributed by atoms with van der Waals surface area (Å²) in [4.78, 5) is 4.07. The second kappa shape index (κ2) is 7.96. The predicted molar refractivity (Wildman–Crippen MR) is 106 cm³/mol. The van der Waals surface area contributed by atoms with Crippen LogP contribution in [0.1, 0.15) is 16.8 Å². The Morgan fingerprint density at radius 2 is 2.00 bits per heavy atom. The Balaban J connectivity index is 1.37. The number of allylic oxidation sites excluding steroid dienone is 1. The molecule has 142 valence electrons. The Kier molecular flexibility index (Phi) is 5.05. The number of halogens is 1. The van der Waals surface area contributed by atoms with Crippen LogP contribution in [0, 0.1) is 0 Å². The molecule has 3 heterocycles. The van der Waals surface area contributed by atoms with Crippen molar-refractivity contribution in [2.45, 2.75) is 13.0 Å². The summed E-state index contributed by atoms with van der Waals surface area (Å²) in [6.07, 6.45) is 5.66. The minimum Gasteiger partial charge on any atom is -0.383 e. The molecule has 0 saturated heterocycles. The van der Waals surface area contributed by atoms with E-state index in [1.807, 2.05) is 36.4 Å². The Hall–Kier alpha value is -3.61. The van der Waals surface area contributed by atoms with Crippen LogP contribution in [-0.2, 0) is 13.0 Å². The first-order valence-electron chi connectivity index (χ1n) is 8.97. The molecule has 0 atom stereocenters. The summed E-state index contributed by atoms with van der Waals surface area (Å²) in [5.41, 5.74) is 10.5. The minimum atomic E-state index is -0.319. The number of nitrogens with zero attached hydrogens (tertiary/aromatic N) is 2. The third kappa shape index (κ3) is 4.20. The molecule has 0 aliphatic carbocycles. The van der Waals surface area contributed by atoms with Gasteiger partial charge in [-0.2, -0.15) is 4.39 Å². The first-order valence-corrected chi connectivity index (χ1v) is 8.97. The molecule has 1 aromatic carbocycles. The molecule has 4 rings (SSSR count). The standard InChI is InChI=1S/C21H20FN5O/c22-20-12-16(7-9-24-20)26-13-15-5-3-14(4-6-15)10-17-11-19(28-27-17)18-2-1-8-25-21(18)23/h1-8,11-12,24,26H,9-10,13H2,(H2,23,25). The van der Waals surface area contributed by atoms with Crippen LogP contribution in [0.3, 0.4) is 0 Å². The molecule has 3 aromatic rings. The van der Waals surface area contributed by atoms with E-state index in [2.05, 4.69) is 32.9 Å². The van der Waals surface area contributed by atoms with E-state index in [4.69, 9.17) is 10.3 Å². The van der Waals surface area contributed by atoms with E-state index in [1.165, 1.54) is 6.08 Å². The van der Waals surface area contributed by atoms with Gasteiger partial charge in [0.1, 0.15) is 5.82 Å². The normalized spacial score (nSPS) is 13.5. The molecule has 0 fully saturated rings. The Bertz CT molecular complexity index is 1020. The second-order valence-corrected chi connectivity index (χ2v) is 6.50. The van der Waals surface area contributed by atoms with Gasteiger partial charge in [-0.05, 0) is 29.3 Å². The van der Waals surface area contributed by atoms with Crippen molar-refractivity contribution in [1.29, 1.82) is 0 Å². The van der Waals surface area contributed by atoms with E-state index in [-0.39, 0.29) is 5.95 Å². The highest BCUT2D eigenvalue weighted by Gasteiger charge is 2.11. The van der Waals surface area contributed by atoms with E-state index in [0.29, 0.717) is 31.1 Å². The number of nitrogen functional groups attached to an aromatic ring is 1. The van der Waals surface area contributed by atoms with Crippen molar-refractivity contribution in [2.24, 2.45) is 0 Å². The van der Waals surface area contributed by atoms with E-state index in [1.54, 1.807) is 6.20 Å². The molecule has 0 saturated carbocycles. The zero-order valence-corrected chi connectivity index (χ0v) is 15.2. The third-order valence-electron chi connectivity index (χ3n) is 4.44. The van der Waals surface area contributed by atoms with Crippen LogP contribution in [0.4, 0.5) is 10.2 Å². The minimum absolute atomic E-state index is 0.319. The van der Waals surface area contributed by atoms with Gasteiger partial charge < -0.3 is 20.9 Å². The highest BCUT2D eigenvalue weighted by molar-refractivity contribution is 5.69. The number of hydrogen-bond acceptors (Lipinski definition) is 6. The van der Waals surface area contributed by atoms with Crippen LogP contribution in [0.15, 0.2) is 77.0 Å². The quantitative estimate of drug-likeness (QED) is 0.571. The molecule has 7 heteroatoms. The lowest BCUT2D eigenvalue weighted by molar-refractivity contribution is 0.425. The van der Waals surface area contributed by atoms with Gasteiger partial charge in [-0.25, -0.2) is 4.98 Å². The van der Waals surface area contributed by atoms with E-state index in [0.717, 1.165) is 28.1 Å². The molecule has 0 amide bonds. The number of anilines is 1. The van der Waals surface area contributed by atoms with Crippen molar-refractivity contribution < 1.29 is 8.91 Å². The summed E-state index contributed by atoms with van der Waals surface area (Å²) in [6, 6.07) is 13.7. The fourth-order valence-corrected chi connectivity index (χ4v) is 2.96. The number of pyridine rings is 1. The van der Waals surface area contributed by atoms with E-state index in [9.17, 15) is 4.39 Å². The zero-order chi connectivity index (χ0) is 19.3. The number of rotatable bonds is 6. The molecule has 6 nitrogen and oxygen atoms in total. The summed E-state index contributed by atoms with van der Waals surface area (Å²) in [5, 5.41) is 9.96. The number of aromatic nitrogens is 2. The monoisotopic (exact) mass is 377 g/mol. The second-order valence-electron chi connectivity index (χ2n) is 6.50. The van der Waals surface area contributed by atoms with Crippen LogP contribution >= 0.6 is 0 Å². The summed E-state index contributed by atoms with van der Waals surface area (Å²) >= 11 is 0. The Labute approximate surface area is 162 Å². The molecule has 0 unspecified atom stereocenters. The van der Waals surface area contributed by atoms with Gasteiger partial charge in [-0.1, -0.05) is 29.4 Å². The predicted octanol–water partition coefficient (Wildman–Crippen LogP) is 3.30. The van der Waals surface area contributed by atoms with Crippen molar-refractivity contribution in [3.63, 3.8) is 0 Å². The summed E-state index contributed by atoms with van der Waals surface area (Å²) in [7, 11) is 0. The lowest BCUT2D eigenvalue weighted by Gasteiger charge is -2.13. The maximum Gasteiger partial charge on any atom is 0.189 e. The topological polar surface area (TPSA) is 89.0 Å². The maximum absolute atomic E-state index is 13.2. The molecule has 0 radical (unpaired) electrons. The molecule has 28 heavy (non-hydrogen) atoms. The number of dihydropyridines is 1. The average molecular weight is 377 g/mol. The third-order valence-corrected chi connectivity index (χ3v) is 4.44. The van der Waals surface area contributed by atoms with Crippen molar-refractivity contribution in [2.75, 3.05) is 12.3 Å². The molecule has 0 spiro atoms. The van der Waals surface area contributed by atoms with Gasteiger partial charge in [-0.15, -0.1) is 0 Å². The van der Waals surface area contributed by atoms with Gasteiger partial charge in [0.25, 0.3) is 0 Å². The molecule has 4 N–H and O–H groups in total. The Morgan fingerprint density at radius 3 is 2.79 bits per heavy atom. The molecular weight excluding hydrogens is 357 g/mol. The largest absolute Gasteiger partial charge is 0.383 e. The van der Waals surface area contributed by atoms with Crippen LogP contribution in [0.5, 0.6) is 0 Å². The molecular formula is C21H20FN5O. The number of nitrogens with two attached hydrogens (primary N) is 1. The van der Waals surface area contributed by atoms with Crippen molar-refractivity contribution in [3.8, 4) is 11.3 Å². The summed E-state index contributed by atoms with van der Waals surface area (Å²) in [6.45, 7) is 1.12. The van der Waals surface area contributed by atoms with Gasteiger partial charge in [-0.3, -0.25) is 0 Å². The molecule has 1 aliphatic rings. The Morgan fingerprint density at radius 1 is 1.18 bits per heavy atom. The SMILES string of the molecule is Nc1ncccc1-c1cc(Cc2ccc(CNC3=CCNC(F)=C3)cc2)no1. The van der Waals surface area contributed by atoms with Crippen LogP contribution in [-0.4, -0.2) is 16.7 Å². The van der Waals surface area contributed by atoms with Gasteiger partial charge in [0.05, 0.1) is 11.3 Å². The fourth-order valence-electron chi connectivity index (χ4n) is 2.96. The van der Waals surface area contributed by atoms with Crippen LogP contribution < -0.4 is 16.4 Å². The van der Waals surface area contributed by atoms with Crippen molar-refractivity contribution in [3.05, 3.63) is 89.3 Å². The number of nitrogens with one attached hydrogen (secondary N) is 2. The molecule has 1 aliphatic heterocycles. The van der Waals surface area contributed by atoms with Crippen LogP contribution in [0.2, 0.25) is 0 Å². The summed E-state index contributed by atoms with van der Waals surface area (Å²) in [5.74, 6) is 0.706. The lowest BCUT2D eigenvalue weighted by atomic mass is 10.1. The first kappa shape index (κ1) is 17.8. The summed E-state index contributed by atoms with van der Waals surface area (Å²) < 4.78 is 18.6. The first-order chi connectivity index (χ1) is 13.7. The van der Waals surface area contributed by atoms with E-state index >= 15 is 0 Å². The average Bonchev–Trinajstić information content (AvgIpc) is 3.16. The zero-order valence-electron chi connectivity index (χ0n) is 15.2. The molecule has 0 bridgehead atoms.